The Bertz CT molecular complexity index is 1240. The van der Waals surface area contributed by atoms with Crippen LogP contribution in [0.25, 0.3) is 17.4 Å². The van der Waals surface area contributed by atoms with Crippen LogP contribution in [0.4, 0.5) is 4.39 Å². The lowest BCUT2D eigenvalue weighted by Crippen LogP contribution is -2.29. The van der Waals surface area contributed by atoms with E-state index in [0.29, 0.717) is 22.9 Å². The van der Waals surface area contributed by atoms with Crippen LogP contribution in [0.2, 0.25) is 0 Å². The van der Waals surface area contributed by atoms with E-state index in [1.165, 1.54) is 12.1 Å². The second kappa shape index (κ2) is 9.34. The number of ether oxygens (including phenoxy) is 1. The summed E-state index contributed by atoms with van der Waals surface area (Å²) in [6.07, 6.45) is 6.43. The number of halogens is 1. The Labute approximate surface area is 185 Å². The van der Waals surface area contributed by atoms with Crippen molar-refractivity contribution in [1.82, 2.24) is 14.9 Å². The maximum absolute atomic E-state index is 14.0. The molecule has 0 fully saturated rings. The first-order chi connectivity index (χ1) is 15.5. The minimum atomic E-state index is -0.455. The number of furan rings is 1. The zero-order valence-corrected chi connectivity index (χ0v) is 17.7. The molecule has 6 nitrogen and oxygen atoms in total. The van der Waals surface area contributed by atoms with Crippen LogP contribution in [-0.2, 0) is 11.8 Å². The number of amides is 1. The van der Waals surface area contributed by atoms with Crippen LogP contribution in [0, 0.1) is 5.82 Å². The van der Waals surface area contributed by atoms with E-state index < -0.39 is 6.04 Å². The van der Waals surface area contributed by atoms with E-state index in [1.807, 2.05) is 42.1 Å². The van der Waals surface area contributed by atoms with Crippen molar-refractivity contribution in [3.05, 3.63) is 102 Å². The zero-order chi connectivity index (χ0) is 22.5. The van der Waals surface area contributed by atoms with Crippen molar-refractivity contribution in [1.29, 1.82) is 0 Å². The molecular weight excluding hydrogens is 409 g/mol. The third kappa shape index (κ3) is 4.62. The van der Waals surface area contributed by atoms with Crippen LogP contribution < -0.4 is 10.1 Å². The van der Waals surface area contributed by atoms with Crippen LogP contribution in [-0.4, -0.2) is 22.6 Å². The predicted molar refractivity (Wildman–Crippen MR) is 119 cm³/mol. The van der Waals surface area contributed by atoms with Crippen molar-refractivity contribution in [3.8, 4) is 17.1 Å². The molecule has 0 spiro atoms. The van der Waals surface area contributed by atoms with E-state index in [4.69, 9.17) is 9.15 Å². The highest BCUT2D eigenvalue weighted by molar-refractivity contribution is 5.92. The van der Waals surface area contributed by atoms with Gasteiger partial charge in [0, 0.05) is 25.5 Å². The summed E-state index contributed by atoms with van der Waals surface area (Å²) in [4.78, 5) is 17.1. The minimum absolute atomic E-state index is 0.322. The van der Waals surface area contributed by atoms with Gasteiger partial charge in [0.15, 0.2) is 0 Å². The highest BCUT2D eigenvalue weighted by atomic mass is 19.1. The van der Waals surface area contributed by atoms with Gasteiger partial charge in [-0.3, -0.25) is 4.79 Å². The van der Waals surface area contributed by atoms with Crippen LogP contribution in [0.15, 0.2) is 83.6 Å². The quantitative estimate of drug-likeness (QED) is 0.429. The molecule has 0 saturated heterocycles. The molecule has 0 unspecified atom stereocenters. The van der Waals surface area contributed by atoms with E-state index in [9.17, 15) is 9.18 Å². The monoisotopic (exact) mass is 431 g/mol. The van der Waals surface area contributed by atoms with Crippen LogP contribution >= 0.6 is 0 Å². The summed E-state index contributed by atoms with van der Waals surface area (Å²) >= 11 is 0. The number of aryl methyl sites for hydroxylation is 1. The first-order valence-corrected chi connectivity index (χ1v) is 9.99. The van der Waals surface area contributed by atoms with E-state index >= 15 is 0 Å². The number of rotatable bonds is 7. The third-order valence-electron chi connectivity index (χ3n) is 5.02. The van der Waals surface area contributed by atoms with Gasteiger partial charge in [-0.15, -0.1) is 0 Å². The fourth-order valence-electron chi connectivity index (χ4n) is 3.35. The van der Waals surface area contributed by atoms with Crippen molar-refractivity contribution in [3.63, 3.8) is 0 Å². The van der Waals surface area contributed by atoms with Crippen molar-refractivity contribution in [2.24, 2.45) is 7.05 Å². The highest BCUT2D eigenvalue weighted by Gasteiger charge is 2.20. The second-order valence-electron chi connectivity index (χ2n) is 7.13. The summed E-state index contributed by atoms with van der Waals surface area (Å²) in [5.74, 6) is 1.56. The molecule has 0 aliphatic rings. The first kappa shape index (κ1) is 21.1. The van der Waals surface area contributed by atoms with Gasteiger partial charge in [0.2, 0.25) is 5.91 Å². The van der Waals surface area contributed by atoms with E-state index in [-0.39, 0.29) is 11.7 Å². The SMILES string of the molecule is COc1ccc([C@H](NC(=O)/C=C/c2ccc(-c3ccccc3F)o2)c2nccn2C)cc1. The summed E-state index contributed by atoms with van der Waals surface area (Å²) in [6, 6.07) is 16.7. The Kier molecular flexibility index (Phi) is 6.17. The number of benzene rings is 2. The lowest BCUT2D eigenvalue weighted by molar-refractivity contribution is -0.117. The molecule has 2 aromatic carbocycles. The molecule has 1 atom stereocenters. The fourth-order valence-corrected chi connectivity index (χ4v) is 3.35. The number of imidazole rings is 1. The molecule has 162 valence electrons. The summed E-state index contributed by atoms with van der Waals surface area (Å²) in [5, 5.41) is 2.98. The molecular formula is C25H22FN3O3. The maximum Gasteiger partial charge on any atom is 0.244 e. The molecule has 7 heteroatoms. The zero-order valence-electron chi connectivity index (χ0n) is 17.7. The third-order valence-corrected chi connectivity index (χ3v) is 5.02. The van der Waals surface area contributed by atoms with Gasteiger partial charge in [-0.1, -0.05) is 24.3 Å². The topological polar surface area (TPSA) is 69.3 Å². The number of methoxy groups -OCH3 is 1. The smallest absolute Gasteiger partial charge is 0.244 e. The van der Waals surface area contributed by atoms with Gasteiger partial charge >= 0.3 is 0 Å². The number of hydrogen-bond donors (Lipinski definition) is 1. The minimum Gasteiger partial charge on any atom is -0.497 e. The first-order valence-electron chi connectivity index (χ1n) is 9.99. The molecule has 1 amide bonds. The molecule has 0 radical (unpaired) electrons. The van der Waals surface area contributed by atoms with Crippen molar-refractivity contribution >= 4 is 12.0 Å². The standard InChI is InChI=1S/C25H22FN3O3/c1-29-16-15-27-25(29)24(17-7-9-18(31-2)10-8-17)28-23(30)14-12-19-11-13-22(32-19)20-5-3-4-6-21(20)26/h3-16,24H,1-2H3,(H,28,30)/b14-12+/t24-/m0/s1. The van der Waals surface area contributed by atoms with E-state index in [2.05, 4.69) is 10.3 Å². The summed E-state index contributed by atoms with van der Waals surface area (Å²) in [7, 11) is 3.47. The van der Waals surface area contributed by atoms with Gasteiger partial charge in [0.05, 0.1) is 12.7 Å². The van der Waals surface area contributed by atoms with Crippen LogP contribution in [0.3, 0.4) is 0 Å². The van der Waals surface area contributed by atoms with Gasteiger partial charge in [-0.25, -0.2) is 9.37 Å². The highest BCUT2D eigenvalue weighted by Crippen LogP contribution is 2.26. The summed E-state index contributed by atoms with van der Waals surface area (Å²) < 4.78 is 26.7. The van der Waals surface area contributed by atoms with Crippen molar-refractivity contribution in [2.75, 3.05) is 7.11 Å². The normalized spacial score (nSPS) is 12.1. The Morgan fingerprint density at radius 1 is 1.16 bits per heavy atom. The van der Waals surface area contributed by atoms with Crippen LogP contribution in [0.1, 0.15) is 23.2 Å². The van der Waals surface area contributed by atoms with Gasteiger partial charge < -0.3 is 19.0 Å². The molecule has 0 aliphatic heterocycles. The number of carbonyl (C=O) groups excluding carboxylic acids is 1. The molecule has 4 rings (SSSR count). The van der Waals surface area contributed by atoms with E-state index in [0.717, 1.165) is 11.3 Å². The van der Waals surface area contributed by atoms with Gasteiger partial charge in [-0.05, 0) is 48.0 Å². The molecule has 2 heterocycles. The predicted octanol–water partition coefficient (Wildman–Crippen LogP) is 4.75. The summed E-state index contributed by atoms with van der Waals surface area (Å²) in [5.41, 5.74) is 1.23. The summed E-state index contributed by atoms with van der Waals surface area (Å²) in [6.45, 7) is 0. The second-order valence-corrected chi connectivity index (χ2v) is 7.13. The molecule has 4 aromatic rings. The average Bonchev–Trinajstić information content (AvgIpc) is 3.45. The van der Waals surface area contributed by atoms with Crippen molar-refractivity contribution in [2.45, 2.75) is 6.04 Å². The Hall–Kier alpha value is -4.13. The maximum atomic E-state index is 14.0. The number of nitrogens with one attached hydrogen (secondary N) is 1. The molecule has 0 saturated carbocycles. The number of aromatic nitrogens is 2. The Morgan fingerprint density at radius 2 is 1.94 bits per heavy atom. The Morgan fingerprint density at radius 3 is 2.62 bits per heavy atom. The fraction of sp³-hybridized carbons (Fsp3) is 0.120. The number of nitrogens with zero attached hydrogens (tertiary/aromatic N) is 2. The molecule has 32 heavy (non-hydrogen) atoms. The lowest BCUT2D eigenvalue weighted by Gasteiger charge is -2.18. The van der Waals surface area contributed by atoms with Gasteiger partial charge in [0.1, 0.15) is 35.0 Å². The largest absolute Gasteiger partial charge is 0.497 e. The van der Waals surface area contributed by atoms with E-state index in [1.54, 1.807) is 49.7 Å². The lowest BCUT2D eigenvalue weighted by atomic mass is 10.1. The van der Waals surface area contributed by atoms with Gasteiger partial charge in [0.25, 0.3) is 0 Å². The molecule has 0 bridgehead atoms. The number of carbonyl (C=O) groups is 1. The van der Waals surface area contributed by atoms with Gasteiger partial charge in [-0.2, -0.15) is 0 Å². The molecule has 0 aliphatic carbocycles. The van der Waals surface area contributed by atoms with Crippen molar-refractivity contribution < 1.29 is 18.3 Å². The van der Waals surface area contributed by atoms with Crippen LogP contribution in [0.5, 0.6) is 5.75 Å². The molecule has 2 aromatic heterocycles. The average molecular weight is 431 g/mol. The number of hydrogen-bond acceptors (Lipinski definition) is 4. The molecule has 1 N–H and O–H groups in total. The Balaban J connectivity index is 1.52.